The number of ether oxygens (including phenoxy) is 2. The average Bonchev–Trinajstić information content (AvgIpc) is 3.53. The maximum Gasteiger partial charge on any atom is 0.490 e. The van der Waals surface area contributed by atoms with Crippen molar-refractivity contribution in [3.63, 3.8) is 0 Å². The van der Waals surface area contributed by atoms with Gasteiger partial charge in [0.25, 0.3) is 0 Å². The van der Waals surface area contributed by atoms with E-state index < -0.39 is 48.1 Å². The molecular weight excluding hydrogens is 562 g/mol. The minimum atomic E-state index is -5.08. The first-order valence-electron chi connectivity index (χ1n) is 11.7. The Balaban J connectivity index is 0.000000587. The van der Waals surface area contributed by atoms with E-state index in [1.807, 2.05) is 0 Å². The first-order chi connectivity index (χ1) is 19.3. The smallest absolute Gasteiger partial charge is 0.475 e. The first-order valence-corrected chi connectivity index (χ1v) is 11.7. The second-order valence-corrected chi connectivity index (χ2v) is 8.54. The van der Waals surface area contributed by atoms with Gasteiger partial charge in [-0.1, -0.05) is 11.2 Å². The molecule has 0 bridgehead atoms. The number of nitrogens with zero attached hydrogens (tertiary/aromatic N) is 3. The van der Waals surface area contributed by atoms with Gasteiger partial charge in [0, 0.05) is 23.7 Å². The van der Waals surface area contributed by atoms with Gasteiger partial charge in [-0.05, 0) is 24.3 Å². The van der Waals surface area contributed by atoms with E-state index in [0.29, 0.717) is 34.6 Å². The molecule has 1 aromatic heterocycles. The number of carbonyl (C=O) groups excluding carboxylic acids is 3. The fraction of sp³-hybridized carbons (Fsp3) is 0.333. The van der Waals surface area contributed by atoms with E-state index in [4.69, 9.17) is 35.7 Å². The number of carboxylic acids is 1. The molecule has 1 saturated heterocycles. The molecule has 2 aromatic rings. The van der Waals surface area contributed by atoms with Gasteiger partial charge in [0.15, 0.2) is 6.10 Å². The highest BCUT2D eigenvalue weighted by Gasteiger charge is 2.38. The molecule has 41 heavy (non-hydrogen) atoms. The van der Waals surface area contributed by atoms with Crippen molar-refractivity contribution in [3.05, 3.63) is 48.0 Å². The van der Waals surface area contributed by atoms with Crippen molar-refractivity contribution < 1.29 is 56.2 Å². The Kier molecular flexibility index (Phi) is 9.77. The Hall–Kier alpha value is -4.80. The summed E-state index contributed by atoms with van der Waals surface area (Å²) >= 11 is 0. The van der Waals surface area contributed by atoms with Gasteiger partial charge in [-0.15, -0.1) is 0 Å². The Morgan fingerprint density at radius 1 is 1.17 bits per heavy atom. The number of pyridine rings is 1. The van der Waals surface area contributed by atoms with E-state index in [-0.39, 0.29) is 26.1 Å². The third-order valence-corrected chi connectivity index (χ3v) is 5.51. The topological polar surface area (TPSA) is 197 Å². The molecule has 2 aliphatic rings. The third-order valence-electron chi connectivity index (χ3n) is 5.51. The number of aromatic nitrogens is 1. The number of aliphatic carboxylic acids is 1. The molecule has 1 unspecified atom stereocenters. The molecule has 13 nitrogen and oxygen atoms in total. The van der Waals surface area contributed by atoms with Gasteiger partial charge in [-0.2, -0.15) is 13.2 Å². The number of nitrogens with two attached hydrogens (primary N) is 2. The fourth-order valence-corrected chi connectivity index (χ4v) is 3.61. The summed E-state index contributed by atoms with van der Waals surface area (Å²) in [6, 6.07) is 7.72. The molecule has 1 fully saturated rings. The van der Waals surface area contributed by atoms with Crippen LogP contribution in [-0.4, -0.2) is 77.8 Å². The lowest BCUT2D eigenvalue weighted by molar-refractivity contribution is -0.192. The number of primary amides is 1. The molecule has 2 amide bonds. The molecule has 4 rings (SSSR count). The third kappa shape index (κ3) is 8.34. The van der Waals surface area contributed by atoms with Crippen LogP contribution in [0.5, 0.6) is 0 Å². The molecular formula is C24H23F4N5O8. The van der Waals surface area contributed by atoms with Crippen molar-refractivity contribution in [1.82, 2.24) is 4.98 Å². The van der Waals surface area contributed by atoms with Gasteiger partial charge in [0.2, 0.25) is 5.91 Å². The largest absolute Gasteiger partial charge is 0.490 e. The van der Waals surface area contributed by atoms with Crippen molar-refractivity contribution in [2.24, 2.45) is 16.6 Å². The van der Waals surface area contributed by atoms with Gasteiger partial charge >= 0.3 is 24.2 Å². The number of alkyl halides is 3. The molecule has 2 atom stereocenters. The number of hydrogen-bond acceptors (Lipinski definition) is 10. The Morgan fingerprint density at radius 3 is 2.44 bits per heavy atom. The quantitative estimate of drug-likeness (QED) is 0.303. The predicted molar refractivity (Wildman–Crippen MR) is 131 cm³/mol. The fourth-order valence-electron chi connectivity index (χ4n) is 3.61. The summed E-state index contributed by atoms with van der Waals surface area (Å²) < 4.78 is 56.7. The van der Waals surface area contributed by atoms with E-state index >= 15 is 0 Å². The SMILES string of the molecule is NCC(=O)OC[C@@H]1CC(c2ccc(-c3ccc(N4CC(CC(N)=O)OC4=O)cc3F)cn2)=NO1.O=C(O)C(F)(F)F. The monoisotopic (exact) mass is 585 g/mol. The molecule has 2 aliphatic heterocycles. The molecule has 0 aliphatic carbocycles. The number of hydrogen-bond donors (Lipinski definition) is 3. The summed E-state index contributed by atoms with van der Waals surface area (Å²) in [7, 11) is 0. The Morgan fingerprint density at radius 2 is 1.88 bits per heavy atom. The molecule has 5 N–H and O–H groups in total. The number of amides is 2. The molecule has 0 saturated carbocycles. The van der Waals surface area contributed by atoms with Gasteiger partial charge < -0.3 is 30.9 Å². The van der Waals surface area contributed by atoms with Crippen molar-refractivity contribution in [1.29, 1.82) is 0 Å². The molecule has 0 radical (unpaired) electrons. The van der Waals surface area contributed by atoms with E-state index in [1.165, 1.54) is 23.2 Å². The summed E-state index contributed by atoms with van der Waals surface area (Å²) in [5, 5.41) is 11.1. The average molecular weight is 585 g/mol. The lowest BCUT2D eigenvalue weighted by Gasteiger charge is -2.14. The minimum absolute atomic E-state index is 0.0342. The van der Waals surface area contributed by atoms with Crippen molar-refractivity contribution in [2.45, 2.75) is 31.2 Å². The molecule has 220 valence electrons. The van der Waals surface area contributed by atoms with Crippen LogP contribution in [0.3, 0.4) is 0 Å². The maximum absolute atomic E-state index is 14.9. The maximum atomic E-state index is 14.9. The van der Waals surface area contributed by atoms with Gasteiger partial charge in [-0.25, -0.2) is 14.0 Å². The highest BCUT2D eigenvalue weighted by Crippen LogP contribution is 2.29. The van der Waals surface area contributed by atoms with E-state index in [1.54, 1.807) is 18.2 Å². The van der Waals surface area contributed by atoms with E-state index in [9.17, 15) is 31.9 Å². The first kappa shape index (κ1) is 30.7. The number of benzene rings is 1. The van der Waals surface area contributed by atoms with Crippen LogP contribution in [0.15, 0.2) is 41.7 Å². The van der Waals surface area contributed by atoms with Crippen LogP contribution in [0.25, 0.3) is 11.1 Å². The number of carbonyl (C=O) groups is 4. The van der Waals surface area contributed by atoms with Gasteiger partial charge in [-0.3, -0.25) is 19.5 Å². The summed E-state index contributed by atoms with van der Waals surface area (Å²) in [6.07, 6.45) is -5.03. The second kappa shape index (κ2) is 13.0. The molecule has 17 heteroatoms. The Labute approximate surface area is 228 Å². The molecule has 3 heterocycles. The standard InChI is InChI=1S/C22H22FN5O6.C2HF3O2/c23-17-5-13(28-10-14(7-20(25)29)33-22(28)31)2-3-16(17)12-1-4-18(26-9-12)19-6-15(34-27-19)11-32-21(30)8-24;3-2(4,5)1(6)7/h1-5,9,14-15H,6-8,10-11,24H2,(H2,25,29);(H,6,7)/t14?,15-;/m0./s1. The summed E-state index contributed by atoms with van der Waals surface area (Å²) in [5.74, 6) is -4.42. The summed E-state index contributed by atoms with van der Waals surface area (Å²) in [6.45, 7) is -0.0706. The summed E-state index contributed by atoms with van der Waals surface area (Å²) in [4.78, 5) is 54.0. The van der Waals surface area contributed by atoms with Crippen LogP contribution in [0.4, 0.5) is 28.0 Å². The zero-order valence-corrected chi connectivity index (χ0v) is 21.0. The minimum Gasteiger partial charge on any atom is -0.475 e. The number of anilines is 1. The number of carboxylic acid groups (broad SMARTS) is 1. The number of halogens is 4. The van der Waals surface area contributed by atoms with Crippen molar-refractivity contribution in [3.8, 4) is 11.1 Å². The Bertz CT molecular complexity index is 1340. The van der Waals surface area contributed by atoms with E-state index in [2.05, 4.69) is 10.1 Å². The van der Waals surface area contributed by atoms with Crippen molar-refractivity contribution >= 4 is 35.3 Å². The molecule has 1 aromatic carbocycles. The number of rotatable bonds is 8. The number of cyclic esters (lactones) is 1. The highest BCUT2D eigenvalue weighted by atomic mass is 19.4. The van der Waals surface area contributed by atoms with Crippen LogP contribution in [0.2, 0.25) is 0 Å². The van der Waals surface area contributed by atoms with Gasteiger partial charge in [0.1, 0.15) is 24.2 Å². The van der Waals surface area contributed by atoms with Crippen LogP contribution >= 0.6 is 0 Å². The number of oxime groups is 1. The molecule has 0 spiro atoms. The van der Waals surface area contributed by atoms with Crippen molar-refractivity contribution in [2.75, 3.05) is 24.6 Å². The van der Waals surface area contributed by atoms with Crippen LogP contribution in [0.1, 0.15) is 18.5 Å². The number of esters is 1. The van der Waals surface area contributed by atoms with E-state index in [0.717, 1.165) is 0 Å². The lowest BCUT2D eigenvalue weighted by Crippen LogP contribution is -2.26. The second-order valence-electron chi connectivity index (χ2n) is 8.54. The van der Waals surface area contributed by atoms with Crippen LogP contribution in [0, 0.1) is 5.82 Å². The summed E-state index contributed by atoms with van der Waals surface area (Å²) in [5.41, 5.74) is 12.6. The zero-order chi connectivity index (χ0) is 30.3. The van der Waals surface area contributed by atoms with Crippen LogP contribution < -0.4 is 16.4 Å². The lowest BCUT2D eigenvalue weighted by atomic mass is 10.0. The predicted octanol–water partition coefficient (Wildman–Crippen LogP) is 1.72. The van der Waals surface area contributed by atoms with Gasteiger partial charge in [0.05, 0.1) is 30.9 Å². The normalized spacial score (nSPS) is 18.0. The zero-order valence-electron chi connectivity index (χ0n) is 21.0. The van der Waals surface area contributed by atoms with Crippen LogP contribution in [-0.2, 0) is 28.7 Å². The highest BCUT2D eigenvalue weighted by molar-refractivity contribution is 5.99.